The summed E-state index contributed by atoms with van der Waals surface area (Å²) in [6.07, 6.45) is 3.76. The Balaban J connectivity index is 1.33. The number of nitrogens with zero attached hydrogens (tertiary/aromatic N) is 5. The average molecular weight is 559 g/mol. The molecule has 4 heterocycles. The van der Waals surface area contributed by atoms with Gasteiger partial charge in [-0.15, -0.1) is 0 Å². The molecule has 1 aliphatic carbocycles. The third-order valence-electron chi connectivity index (χ3n) is 8.03. The molecule has 0 bridgehead atoms. The molecule has 39 heavy (non-hydrogen) atoms. The second kappa shape index (κ2) is 9.87. The van der Waals surface area contributed by atoms with Gasteiger partial charge in [-0.2, -0.15) is 0 Å². The SMILES string of the molecule is COC(=O)N1CC[C@@H](c2nc3c(F)cc(-c4nc(N[C@@H]5COC6(CC6)C[C@H]5O)ncc4Cl)cc3n2C(C)C)C1. The first-order chi connectivity index (χ1) is 18.7. The number of carbonyl (C=O) groups is 1. The molecule has 0 radical (unpaired) electrons. The molecule has 3 fully saturated rings. The molecular formula is C27H32ClFN6O4. The number of hydrogen-bond acceptors (Lipinski definition) is 8. The van der Waals surface area contributed by atoms with Crippen molar-refractivity contribution in [3.8, 4) is 11.3 Å². The number of ether oxygens (including phenoxy) is 2. The number of hydrogen-bond donors (Lipinski definition) is 2. The van der Waals surface area contributed by atoms with Crippen molar-refractivity contribution in [3.63, 3.8) is 0 Å². The summed E-state index contributed by atoms with van der Waals surface area (Å²) in [6.45, 7) is 5.41. The topological polar surface area (TPSA) is 115 Å². The van der Waals surface area contributed by atoms with Gasteiger partial charge in [0, 0.05) is 37.0 Å². The fourth-order valence-electron chi connectivity index (χ4n) is 5.79. The van der Waals surface area contributed by atoms with Gasteiger partial charge in [0.25, 0.3) is 0 Å². The molecule has 3 aromatic rings. The summed E-state index contributed by atoms with van der Waals surface area (Å²) in [7, 11) is 1.36. The minimum atomic E-state index is -0.581. The highest BCUT2D eigenvalue weighted by Crippen LogP contribution is 2.46. The highest BCUT2D eigenvalue weighted by Gasteiger charge is 2.50. The molecule has 10 nitrogen and oxygen atoms in total. The van der Waals surface area contributed by atoms with E-state index in [-0.39, 0.29) is 46.2 Å². The van der Waals surface area contributed by atoms with Crippen LogP contribution < -0.4 is 5.32 Å². The zero-order valence-electron chi connectivity index (χ0n) is 22.2. The number of carbonyl (C=O) groups excluding carboxylic acids is 1. The number of likely N-dealkylation sites (tertiary alicyclic amines) is 1. The van der Waals surface area contributed by atoms with Gasteiger partial charge >= 0.3 is 6.09 Å². The zero-order chi connectivity index (χ0) is 27.5. The van der Waals surface area contributed by atoms with E-state index in [1.807, 2.05) is 24.5 Å². The van der Waals surface area contributed by atoms with Crippen molar-refractivity contribution in [1.82, 2.24) is 24.4 Å². The number of aliphatic hydroxyl groups excluding tert-OH is 1. The number of fused-ring (bicyclic) bond motifs is 1. The largest absolute Gasteiger partial charge is 0.453 e. The molecule has 1 saturated carbocycles. The number of amides is 1. The Kier molecular flexibility index (Phi) is 6.63. The Labute approximate surface area is 230 Å². The lowest BCUT2D eigenvalue weighted by Gasteiger charge is -2.34. The monoisotopic (exact) mass is 558 g/mol. The smallest absolute Gasteiger partial charge is 0.409 e. The summed E-state index contributed by atoms with van der Waals surface area (Å²) >= 11 is 6.50. The molecule has 3 aliphatic rings. The van der Waals surface area contributed by atoms with E-state index in [4.69, 9.17) is 26.1 Å². The second-order valence-corrected chi connectivity index (χ2v) is 11.5. The molecule has 1 amide bonds. The number of nitrogens with one attached hydrogen (secondary N) is 1. The van der Waals surface area contributed by atoms with Crippen LogP contribution in [0.15, 0.2) is 18.3 Å². The molecule has 6 rings (SSSR count). The zero-order valence-corrected chi connectivity index (χ0v) is 22.9. The van der Waals surface area contributed by atoms with Crippen molar-refractivity contribution in [2.75, 3.05) is 32.1 Å². The number of methoxy groups -OCH3 is 1. The summed E-state index contributed by atoms with van der Waals surface area (Å²) in [4.78, 5) is 27.3. The first-order valence-corrected chi connectivity index (χ1v) is 13.7. The Morgan fingerprint density at radius 2 is 2.13 bits per heavy atom. The quantitative estimate of drug-likeness (QED) is 0.470. The van der Waals surface area contributed by atoms with Crippen molar-refractivity contribution < 1.29 is 23.8 Å². The van der Waals surface area contributed by atoms with Crippen LogP contribution in [0, 0.1) is 5.82 Å². The fourth-order valence-corrected chi connectivity index (χ4v) is 5.99. The minimum Gasteiger partial charge on any atom is -0.453 e. The highest BCUT2D eigenvalue weighted by molar-refractivity contribution is 6.33. The lowest BCUT2D eigenvalue weighted by Crippen LogP contribution is -2.47. The molecular weight excluding hydrogens is 527 g/mol. The first kappa shape index (κ1) is 26.2. The maximum Gasteiger partial charge on any atom is 0.409 e. The number of aromatic nitrogens is 4. The molecule has 2 aliphatic heterocycles. The molecule has 3 atom stereocenters. The summed E-state index contributed by atoms with van der Waals surface area (Å²) < 4.78 is 28.4. The lowest BCUT2D eigenvalue weighted by atomic mass is 10.00. The summed E-state index contributed by atoms with van der Waals surface area (Å²) in [5.74, 6) is 0.486. The normalized spacial score (nSPS) is 24.1. The average Bonchev–Trinajstić information content (AvgIpc) is 3.30. The van der Waals surface area contributed by atoms with E-state index in [9.17, 15) is 9.90 Å². The fraction of sp³-hybridized carbons (Fsp3) is 0.556. The maximum absolute atomic E-state index is 15.6. The van der Waals surface area contributed by atoms with Gasteiger partial charge in [-0.05, 0) is 45.2 Å². The van der Waals surface area contributed by atoms with Crippen LogP contribution in [0.4, 0.5) is 15.1 Å². The van der Waals surface area contributed by atoms with E-state index in [0.717, 1.165) is 18.7 Å². The van der Waals surface area contributed by atoms with Gasteiger partial charge in [-0.25, -0.2) is 24.1 Å². The van der Waals surface area contributed by atoms with E-state index < -0.39 is 11.9 Å². The molecule has 2 saturated heterocycles. The van der Waals surface area contributed by atoms with Crippen molar-refractivity contribution in [2.45, 2.75) is 69.2 Å². The van der Waals surface area contributed by atoms with Crippen molar-refractivity contribution in [2.24, 2.45) is 0 Å². The summed E-state index contributed by atoms with van der Waals surface area (Å²) in [5, 5.41) is 14.1. The van der Waals surface area contributed by atoms with Crippen LogP contribution in [0.1, 0.15) is 57.3 Å². The highest BCUT2D eigenvalue weighted by atomic mass is 35.5. The van der Waals surface area contributed by atoms with Crippen molar-refractivity contribution in [3.05, 3.63) is 35.0 Å². The molecule has 2 aromatic heterocycles. The number of benzene rings is 1. The molecule has 12 heteroatoms. The van der Waals surface area contributed by atoms with Crippen LogP contribution in [0.5, 0.6) is 0 Å². The van der Waals surface area contributed by atoms with E-state index >= 15 is 4.39 Å². The lowest BCUT2D eigenvalue weighted by molar-refractivity contribution is -0.0671. The Morgan fingerprint density at radius 3 is 2.82 bits per heavy atom. The summed E-state index contributed by atoms with van der Waals surface area (Å²) in [6, 6.07) is 2.86. The minimum absolute atomic E-state index is 0.00697. The van der Waals surface area contributed by atoms with Crippen LogP contribution in [0.3, 0.4) is 0 Å². The number of rotatable bonds is 5. The van der Waals surface area contributed by atoms with E-state index in [1.165, 1.54) is 19.4 Å². The Hall–Kier alpha value is -3.02. The third kappa shape index (κ3) is 4.81. The third-order valence-corrected chi connectivity index (χ3v) is 8.31. The Bertz CT molecular complexity index is 1430. The van der Waals surface area contributed by atoms with Gasteiger partial charge in [-0.3, -0.25) is 0 Å². The van der Waals surface area contributed by atoms with Gasteiger partial charge in [0.05, 0.1) is 53.9 Å². The second-order valence-electron chi connectivity index (χ2n) is 11.1. The van der Waals surface area contributed by atoms with Crippen LogP contribution in [0.25, 0.3) is 22.3 Å². The molecule has 2 N–H and O–H groups in total. The Morgan fingerprint density at radius 1 is 1.33 bits per heavy atom. The van der Waals surface area contributed by atoms with E-state index in [2.05, 4.69) is 15.3 Å². The van der Waals surface area contributed by atoms with Crippen molar-refractivity contribution >= 4 is 34.7 Å². The molecule has 208 valence electrons. The maximum atomic E-state index is 15.6. The van der Waals surface area contributed by atoms with E-state index in [0.29, 0.717) is 49.3 Å². The van der Waals surface area contributed by atoms with Crippen LogP contribution in [-0.2, 0) is 9.47 Å². The number of anilines is 1. The number of halogens is 2. The van der Waals surface area contributed by atoms with Crippen LogP contribution in [0.2, 0.25) is 5.02 Å². The summed E-state index contributed by atoms with van der Waals surface area (Å²) in [5.41, 5.74) is 1.59. The molecule has 0 unspecified atom stereocenters. The van der Waals surface area contributed by atoms with Gasteiger partial charge in [0.2, 0.25) is 5.95 Å². The van der Waals surface area contributed by atoms with Gasteiger partial charge < -0.3 is 29.4 Å². The van der Waals surface area contributed by atoms with Gasteiger partial charge in [0.1, 0.15) is 11.3 Å². The predicted octanol–water partition coefficient (Wildman–Crippen LogP) is 4.52. The molecule has 1 aromatic carbocycles. The number of imidazole rings is 1. The van der Waals surface area contributed by atoms with Crippen molar-refractivity contribution in [1.29, 1.82) is 0 Å². The molecule has 1 spiro atoms. The van der Waals surface area contributed by atoms with Gasteiger partial charge in [-0.1, -0.05) is 11.6 Å². The van der Waals surface area contributed by atoms with E-state index in [1.54, 1.807) is 4.90 Å². The van der Waals surface area contributed by atoms with Gasteiger partial charge in [0.15, 0.2) is 5.82 Å². The van der Waals surface area contributed by atoms with Crippen LogP contribution >= 0.6 is 11.6 Å². The standard InChI is InChI=1S/C27H32ClFN6O4/c1-14(2)35-20-9-16(8-18(29)23(20)32-24(35)15-4-7-34(12-15)26(37)38-3)22-17(28)11-30-25(33-22)31-19-13-39-27(5-6-27)10-21(19)36/h8-9,11,14-15,19,21,36H,4-7,10,12-13H2,1-3H3,(H,30,31,33)/t15-,19-,21-/m1/s1. The predicted molar refractivity (Wildman–Crippen MR) is 143 cm³/mol. The van der Waals surface area contributed by atoms with Crippen LogP contribution in [-0.4, -0.2) is 80.2 Å². The number of aliphatic hydroxyl groups is 1. The first-order valence-electron chi connectivity index (χ1n) is 13.3.